The maximum Gasteiger partial charge on any atom is 0.145 e. The molecule has 0 radical (unpaired) electrons. The van der Waals surface area contributed by atoms with Crippen LogP contribution in [0.15, 0.2) is 6.07 Å². The number of hydrogen-bond acceptors (Lipinski definition) is 5. The van der Waals surface area contributed by atoms with E-state index in [9.17, 15) is 0 Å². The number of anilines is 2. The van der Waals surface area contributed by atoms with E-state index in [1.54, 1.807) is 0 Å². The van der Waals surface area contributed by atoms with Crippen molar-refractivity contribution in [3.8, 4) is 0 Å². The summed E-state index contributed by atoms with van der Waals surface area (Å²) in [4.78, 5) is 11.5. The van der Waals surface area contributed by atoms with Crippen molar-refractivity contribution in [2.24, 2.45) is 11.3 Å². The molecule has 0 atom stereocenters. The van der Waals surface area contributed by atoms with Crippen LogP contribution in [0.5, 0.6) is 0 Å². The molecule has 0 unspecified atom stereocenters. The van der Waals surface area contributed by atoms with E-state index in [1.165, 1.54) is 19.3 Å². The van der Waals surface area contributed by atoms with Crippen molar-refractivity contribution < 1.29 is 0 Å². The molecule has 0 saturated carbocycles. The molecule has 1 saturated heterocycles. The average Bonchev–Trinajstić information content (AvgIpc) is 2.92. The van der Waals surface area contributed by atoms with Crippen LogP contribution in [0.25, 0.3) is 0 Å². The molecular formula is C15H27N5. The summed E-state index contributed by atoms with van der Waals surface area (Å²) >= 11 is 0. The highest BCUT2D eigenvalue weighted by atomic mass is 15.3. The van der Waals surface area contributed by atoms with Crippen LogP contribution < -0.4 is 16.2 Å². The third-order valence-electron chi connectivity index (χ3n) is 4.64. The number of nitrogen functional groups attached to an aromatic ring is 1. The number of aromatic nitrogens is 2. The van der Waals surface area contributed by atoms with Crippen LogP contribution in [0.4, 0.5) is 11.6 Å². The molecule has 5 nitrogen and oxygen atoms in total. The van der Waals surface area contributed by atoms with Gasteiger partial charge >= 0.3 is 0 Å². The molecule has 0 aliphatic carbocycles. The molecule has 1 fully saturated rings. The third kappa shape index (κ3) is 3.03. The molecule has 2 rings (SSSR count). The normalized spacial score (nSPS) is 17.5. The lowest BCUT2D eigenvalue weighted by atomic mass is 9.82. The van der Waals surface area contributed by atoms with Crippen LogP contribution >= 0.6 is 0 Å². The van der Waals surface area contributed by atoms with Gasteiger partial charge in [-0.15, -0.1) is 0 Å². The Morgan fingerprint density at radius 3 is 2.60 bits per heavy atom. The zero-order chi connectivity index (χ0) is 14.6. The number of nitrogens with zero attached hydrogens (tertiary/aromatic N) is 3. The number of aryl methyl sites for hydroxylation is 1. The Kier molecular flexibility index (Phi) is 4.81. The predicted molar refractivity (Wildman–Crippen MR) is 83.7 cm³/mol. The minimum absolute atomic E-state index is 0.451. The van der Waals surface area contributed by atoms with Gasteiger partial charge in [-0.3, -0.25) is 0 Å². The Balaban J connectivity index is 2.22. The first kappa shape index (κ1) is 15.0. The maximum atomic E-state index is 5.53. The molecule has 0 aromatic carbocycles. The summed E-state index contributed by atoms with van der Waals surface area (Å²) in [7, 11) is 0. The molecule has 0 spiro atoms. The first-order valence-corrected chi connectivity index (χ1v) is 7.76. The topological polar surface area (TPSA) is 67.1 Å². The summed E-state index contributed by atoms with van der Waals surface area (Å²) in [6, 6.07) is 1.96. The van der Waals surface area contributed by atoms with E-state index in [1.807, 2.05) is 6.07 Å². The van der Waals surface area contributed by atoms with Crippen LogP contribution in [0, 0.1) is 5.41 Å². The van der Waals surface area contributed by atoms with E-state index < -0.39 is 0 Å². The molecule has 2 heterocycles. The zero-order valence-corrected chi connectivity index (χ0v) is 12.9. The van der Waals surface area contributed by atoms with Crippen molar-refractivity contribution in [3.63, 3.8) is 0 Å². The van der Waals surface area contributed by atoms with Gasteiger partial charge in [0.25, 0.3) is 0 Å². The monoisotopic (exact) mass is 277 g/mol. The van der Waals surface area contributed by atoms with Gasteiger partial charge in [-0.05, 0) is 31.1 Å². The Bertz CT molecular complexity index is 442. The first-order valence-electron chi connectivity index (χ1n) is 7.76. The number of rotatable bonds is 6. The van der Waals surface area contributed by atoms with Gasteiger partial charge < -0.3 is 10.3 Å². The molecule has 112 valence electrons. The number of nitrogens with one attached hydrogen (secondary N) is 1. The van der Waals surface area contributed by atoms with Gasteiger partial charge in [0.15, 0.2) is 0 Å². The highest BCUT2D eigenvalue weighted by Gasteiger charge is 2.35. The van der Waals surface area contributed by atoms with E-state index in [-0.39, 0.29) is 0 Å². The number of hydrogen-bond donors (Lipinski definition) is 2. The van der Waals surface area contributed by atoms with Crippen molar-refractivity contribution in [1.29, 1.82) is 0 Å². The molecule has 0 bridgehead atoms. The van der Waals surface area contributed by atoms with Crippen molar-refractivity contribution in [1.82, 2.24) is 9.97 Å². The fourth-order valence-electron chi connectivity index (χ4n) is 3.01. The largest absolute Gasteiger partial charge is 0.356 e. The third-order valence-corrected chi connectivity index (χ3v) is 4.64. The van der Waals surface area contributed by atoms with Gasteiger partial charge in [-0.2, -0.15) is 0 Å². The van der Waals surface area contributed by atoms with Gasteiger partial charge in [-0.1, -0.05) is 20.8 Å². The quantitative estimate of drug-likeness (QED) is 0.618. The summed E-state index contributed by atoms with van der Waals surface area (Å²) in [5.41, 5.74) is 3.11. The van der Waals surface area contributed by atoms with E-state index in [0.29, 0.717) is 11.2 Å². The number of nitrogens with two attached hydrogens (primary N) is 1. The fraction of sp³-hybridized carbons (Fsp3) is 0.733. The highest BCUT2D eigenvalue weighted by molar-refractivity contribution is 5.50. The first-order chi connectivity index (χ1) is 9.66. The summed E-state index contributed by atoms with van der Waals surface area (Å²) in [6.07, 6.45) is 5.65. The summed E-state index contributed by atoms with van der Waals surface area (Å²) in [5, 5.41) is 0. The van der Waals surface area contributed by atoms with Crippen LogP contribution in [0.3, 0.4) is 0 Å². The van der Waals surface area contributed by atoms with Crippen LogP contribution in [-0.4, -0.2) is 23.1 Å². The summed E-state index contributed by atoms with van der Waals surface area (Å²) in [5.74, 6) is 8.13. The van der Waals surface area contributed by atoms with E-state index in [4.69, 9.17) is 10.8 Å². The second kappa shape index (κ2) is 6.39. The van der Waals surface area contributed by atoms with Crippen LogP contribution in [0.1, 0.15) is 52.3 Å². The van der Waals surface area contributed by atoms with E-state index >= 15 is 0 Å². The van der Waals surface area contributed by atoms with Gasteiger partial charge in [-0.25, -0.2) is 15.8 Å². The van der Waals surface area contributed by atoms with Crippen molar-refractivity contribution >= 4 is 11.6 Å². The van der Waals surface area contributed by atoms with Gasteiger partial charge in [0, 0.05) is 25.6 Å². The molecule has 1 aliphatic heterocycles. The van der Waals surface area contributed by atoms with Gasteiger partial charge in [0.1, 0.15) is 17.5 Å². The standard InChI is InChI=1S/C15H27N5/c1-4-7-12-17-13(19-16)10-14(18-12)20-9-8-15(5-2,6-3)11-20/h10H,4-9,11,16H2,1-3H3,(H,17,18,19). The Morgan fingerprint density at radius 2 is 2.05 bits per heavy atom. The summed E-state index contributed by atoms with van der Waals surface area (Å²) in [6.45, 7) is 8.90. The SMILES string of the molecule is CCCc1nc(NN)cc(N2CCC(CC)(CC)C2)n1. The lowest BCUT2D eigenvalue weighted by Gasteiger charge is -2.27. The van der Waals surface area contributed by atoms with Crippen molar-refractivity contribution in [2.75, 3.05) is 23.4 Å². The lowest BCUT2D eigenvalue weighted by Crippen LogP contribution is -2.27. The number of hydrazine groups is 1. The molecule has 20 heavy (non-hydrogen) atoms. The van der Waals surface area contributed by atoms with Crippen LogP contribution in [-0.2, 0) is 6.42 Å². The van der Waals surface area contributed by atoms with Crippen LogP contribution in [0.2, 0.25) is 0 Å². The fourth-order valence-corrected chi connectivity index (χ4v) is 3.01. The average molecular weight is 277 g/mol. The van der Waals surface area contributed by atoms with E-state index in [0.717, 1.165) is 37.6 Å². The molecule has 1 aliphatic rings. The minimum atomic E-state index is 0.451. The van der Waals surface area contributed by atoms with Gasteiger partial charge in [0.2, 0.25) is 0 Å². The van der Waals surface area contributed by atoms with E-state index in [2.05, 4.69) is 36.1 Å². The lowest BCUT2D eigenvalue weighted by molar-refractivity contribution is 0.301. The van der Waals surface area contributed by atoms with Gasteiger partial charge in [0.05, 0.1) is 0 Å². The van der Waals surface area contributed by atoms with Crippen molar-refractivity contribution in [2.45, 2.75) is 52.9 Å². The maximum absolute atomic E-state index is 5.53. The molecule has 1 aromatic rings. The van der Waals surface area contributed by atoms with Crippen molar-refractivity contribution in [3.05, 3.63) is 11.9 Å². The molecule has 5 heteroatoms. The second-order valence-corrected chi connectivity index (χ2v) is 5.80. The molecule has 3 N–H and O–H groups in total. The zero-order valence-electron chi connectivity index (χ0n) is 12.9. The minimum Gasteiger partial charge on any atom is -0.356 e. The molecule has 1 aromatic heterocycles. The Hall–Kier alpha value is -1.36. The second-order valence-electron chi connectivity index (χ2n) is 5.80. The summed E-state index contributed by atoms with van der Waals surface area (Å²) < 4.78 is 0. The molecule has 0 amide bonds. The highest BCUT2D eigenvalue weighted by Crippen LogP contribution is 2.38. The molecular weight excluding hydrogens is 250 g/mol. The smallest absolute Gasteiger partial charge is 0.145 e. The Labute approximate surface area is 121 Å². The Morgan fingerprint density at radius 1 is 1.30 bits per heavy atom. The predicted octanol–water partition coefficient (Wildman–Crippen LogP) is 2.73.